The first-order valence-electron chi connectivity index (χ1n) is 14.1. The van der Waals surface area contributed by atoms with Crippen LogP contribution < -0.4 is 10.6 Å². The minimum absolute atomic E-state index is 0.00179. The van der Waals surface area contributed by atoms with Crippen molar-refractivity contribution in [1.82, 2.24) is 10.2 Å². The van der Waals surface area contributed by atoms with Gasteiger partial charge in [0, 0.05) is 51.9 Å². The number of nitrogens with zero attached hydrogens (tertiary/aromatic N) is 1. The largest absolute Gasteiger partial charge is 0.462 e. The van der Waals surface area contributed by atoms with Gasteiger partial charge in [-0.3, -0.25) is 9.69 Å². The zero-order chi connectivity index (χ0) is 27.6. The minimum Gasteiger partial charge on any atom is -0.462 e. The first kappa shape index (κ1) is 26.0. The van der Waals surface area contributed by atoms with Crippen LogP contribution in [0.1, 0.15) is 65.2 Å². The molecular weight excluding hydrogens is 545 g/mol. The quantitative estimate of drug-likeness (QED) is 0.337. The van der Waals surface area contributed by atoms with Crippen molar-refractivity contribution >= 4 is 40.8 Å². The van der Waals surface area contributed by atoms with Crippen LogP contribution in [0.15, 0.2) is 66.7 Å². The number of ether oxygens (including phenoxy) is 1. The van der Waals surface area contributed by atoms with Gasteiger partial charge in [-0.05, 0) is 79.6 Å². The number of benzene rings is 3. The SMILES string of the molecule is CCOC(=O)c1ccc([C@@H]2C[C@H]3[C@@H](N2)[C@H](c2cccc(Cl)c2)[C@]2(C(=O)Nc4cc(Cl)ccc42)N3CC2CC2)cc1. The molecule has 1 spiro atoms. The highest BCUT2D eigenvalue weighted by atomic mass is 35.5. The molecule has 3 heterocycles. The summed E-state index contributed by atoms with van der Waals surface area (Å²) in [6, 6.07) is 21.7. The predicted molar refractivity (Wildman–Crippen MR) is 156 cm³/mol. The van der Waals surface area contributed by atoms with Crippen molar-refractivity contribution < 1.29 is 14.3 Å². The van der Waals surface area contributed by atoms with Crippen LogP contribution in [0.4, 0.5) is 5.69 Å². The molecule has 1 amide bonds. The summed E-state index contributed by atoms with van der Waals surface area (Å²) in [5.41, 5.74) is 3.62. The van der Waals surface area contributed by atoms with Crippen molar-refractivity contribution in [2.24, 2.45) is 5.92 Å². The van der Waals surface area contributed by atoms with Crippen LogP contribution in [-0.4, -0.2) is 42.0 Å². The van der Waals surface area contributed by atoms with Crippen molar-refractivity contribution in [3.63, 3.8) is 0 Å². The summed E-state index contributed by atoms with van der Waals surface area (Å²) in [7, 11) is 0. The molecule has 8 heteroatoms. The number of esters is 1. The second-order valence-corrected chi connectivity index (χ2v) is 12.3. The number of nitrogens with one attached hydrogen (secondary N) is 2. The van der Waals surface area contributed by atoms with E-state index in [1.165, 1.54) is 12.8 Å². The number of amides is 1. The summed E-state index contributed by atoms with van der Waals surface area (Å²) in [6.07, 6.45) is 3.23. The molecule has 1 aliphatic carbocycles. The molecule has 7 rings (SSSR count). The molecule has 2 N–H and O–H groups in total. The zero-order valence-electron chi connectivity index (χ0n) is 22.2. The number of carbonyl (C=O) groups excluding carboxylic acids is 2. The lowest BCUT2D eigenvalue weighted by atomic mass is 9.74. The average Bonchev–Trinajstić information content (AvgIpc) is 3.51. The molecule has 3 fully saturated rings. The Morgan fingerprint density at radius 2 is 1.80 bits per heavy atom. The van der Waals surface area contributed by atoms with Crippen molar-refractivity contribution in [3.05, 3.63) is 99.0 Å². The Bertz CT molecular complexity index is 1490. The highest BCUT2D eigenvalue weighted by molar-refractivity contribution is 6.31. The fraction of sp³-hybridized carbons (Fsp3) is 0.375. The second kappa shape index (κ2) is 9.88. The fourth-order valence-corrected chi connectivity index (χ4v) is 7.70. The van der Waals surface area contributed by atoms with Gasteiger partial charge < -0.3 is 15.4 Å². The Morgan fingerprint density at radius 3 is 2.52 bits per heavy atom. The third-order valence-corrected chi connectivity index (χ3v) is 9.59. The lowest BCUT2D eigenvalue weighted by Crippen LogP contribution is -2.53. The number of hydrogen-bond acceptors (Lipinski definition) is 5. The Balaban J connectivity index is 1.32. The molecule has 4 aliphatic rings. The topological polar surface area (TPSA) is 70.7 Å². The van der Waals surface area contributed by atoms with Gasteiger partial charge in [0.2, 0.25) is 5.91 Å². The number of rotatable bonds is 6. The van der Waals surface area contributed by atoms with Gasteiger partial charge in [0.25, 0.3) is 0 Å². The first-order chi connectivity index (χ1) is 19.4. The molecule has 5 atom stereocenters. The third kappa shape index (κ3) is 4.07. The number of carbonyl (C=O) groups is 2. The van der Waals surface area contributed by atoms with E-state index in [2.05, 4.69) is 21.6 Å². The number of fused-ring (bicyclic) bond motifs is 3. The molecule has 0 bridgehead atoms. The fourth-order valence-electron chi connectivity index (χ4n) is 7.33. The van der Waals surface area contributed by atoms with Crippen LogP contribution in [-0.2, 0) is 15.1 Å². The maximum atomic E-state index is 14.3. The second-order valence-electron chi connectivity index (χ2n) is 11.4. The summed E-state index contributed by atoms with van der Waals surface area (Å²) in [6.45, 7) is 3.02. The van der Waals surface area contributed by atoms with Crippen LogP contribution in [0.5, 0.6) is 0 Å². The molecule has 3 aliphatic heterocycles. The molecule has 2 saturated heterocycles. The summed E-state index contributed by atoms with van der Waals surface area (Å²) < 4.78 is 5.17. The van der Waals surface area contributed by atoms with E-state index in [0.29, 0.717) is 28.1 Å². The maximum absolute atomic E-state index is 14.3. The number of likely N-dealkylation sites (tertiary alicyclic amines) is 1. The number of hydrogen-bond donors (Lipinski definition) is 2. The first-order valence-corrected chi connectivity index (χ1v) is 14.8. The maximum Gasteiger partial charge on any atom is 0.338 e. The molecule has 40 heavy (non-hydrogen) atoms. The Labute approximate surface area is 244 Å². The van der Waals surface area contributed by atoms with Crippen molar-refractivity contribution in [2.75, 3.05) is 18.5 Å². The summed E-state index contributed by atoms with van der Waals surface area (Å²) in [5, 5.41) is 8.40. The summed E-state index contributed by atoms with van der Waals surface area (Å²) in [5.74, 6) is 0.112. The van der Waals surface area contributed by atoms with Gasteiger partial charge in [-0.15, -0.1) is 0 Å². The minimum atomic E-state index is -0.867. The van der Waals surface area contributed by atoms with E-state index in [4.69, 9.17) is 27.9 Å². The standard InChI is InChI=1S/C32H31Cl2N3O3/c1-2-40-30(38)20-10-8-19(9-11-20)25-16-27-29(35-25)28(21-4-3-5-22(33)14-21)32(37(27)17-18-6-7-18)24-13-12-23(34)15-26(24)36-31(32)39/h3-5,8-15,18,25,27-29,35H,2,6-7,16-17H2,1H3,(H,36,39)/t25-,27-,28-,29+,32+/m0/s1. The van der Waals surface area contributed by atoms with Crippen molar-refractivity contribution in [1.29, 1.82) is 0 Å². The van der Waals surface area contributed by atoms with Crippen molar-refractivity contribution in [3.8, 4) is 0 Å². The zero-order valence-corrected chi connectivity index (χ0v) is 23.7. The van der Waals surface area contributed by atoms with Crippen LogP contribution >= 0.6 is 23.2 Å². The van der Waals surface area contributed by atoms with Gasteiger partial charge in [0.05, 0.1) is 12.2 Å². The molecule has 6 nitrogen and oxygen atoms in total. The molecule has 3 aromatic carbocycles. The van der Waals surface area contributed by atoms with E-state index in [0.717, 1.165) is 35.3 Å². The molecular formula is C32H31Cl2N3O3. The smallest absolute Gasteiger partial charge is 0.338 e. The molecule has 3 aromatic rings. The van der Waals surface area contributed by atoms with Crippen LogP contribution in [0.3, 0.4) is 0 Å². The average molecular weight is 577 g/mol. The van der Waals surface area contributed by atoms with Gasteiger partial charge in [0.1, 0.15) is 5.54 Å². The highest BCUT2D eigenvalue weighted by Gasteiger charge is 2.68. The van der Waals surface area contributed by atoms with E-state index >= 15 is 0 Å². The molecule has 0 aromatic heterocycles. The molecule has 206 valence electrons. The molecule has 0 radical (unpaired) electrons. The van der Waals surface area contributed by atoms with E-state index < -0.39 is 5.54 Å². The lowest BCUT2D eigenvalue weighted by Gasteiger charge is -2.41. The Kier molecular flexibility index (Phi) is 6.43. The van der Waals surface area contributed by atoms with E-state index in [1.807, 2.05) is 67.6 Å². The van der Waals surface area contributed by atoms with Gasteiger partial charge in [-0.1, -0.05) is 53.5 Å². The van der Waals surface area contributed by atoms with E-state index in [1.54, 1.807) is 0 Å². The molecule has 0 unspecified atom stereocenters. The summed E-state index contributed by atoms with van der Waals surface area (Å²) in [4.78, 5) is 29.0. The van der Waals surface area contributed by atoms with Gasteiger partial charge >= 0.3 is 5.97 Å². The van der Waals surface area contributed by atoms with Gasteiger partial charge in [0.15, 0.2) is 0 Å². The van der Waals surface area contributed by atoms with Crippen molar-refractivity contribution in [2.45, 2.75) is 55.8 Å². The lowest BCUT2D eigenvalue weighted by molar-refractivity contribution is -0.128. The van der Waals surface area contributed by atoms with Gasteiger partial charge in [-0.2, -0.15) is 0 Å². The Hall–Kier alpha value is -2.90. The van der Waals surface area contributed by atoms with E-state index in [-0.39, 0.29) is 35.9 Å². The predicted octanol–water partition coefficient (Wildman–Crippen LogP) is 6.30. The van der Waals surface area contributed by atoms with E-state index in [9.17, 15) is 9.59 Å². The monoisotopic (exact) mass is 575 g/mol. The summed E-state index contributed by atoms with van der Waals surface area (Å²) >= 11 is 12.9. The van der Waals surface area contributed by atoms with Crippen LogP contribution in [0.25, 0.3) is 0 Å². The third-order valence-electron chi connectivity index (χ3n) is 9.12. The van der Waals surface area contributed by atoms with Crippen LogP contribution in [0, 0.1) is 5.92 Å². The number of halogens is 2. The Morgan fingerprint density at radius 1 is 1.02 bits per heavy atom. The highest BCUT2D eigenvalue weighted by Crippen LogP contribution is 2.60. The van der Waals surface area contributed by atoms with Crippen LogP contribution in [0.2, 0.25) is 10.0 Å². The number of anilines is 1. The normalized spacial score (nSPS) is 28.9. The molecule has 1 saturated carbocycles. The van der Waals surface area contributed by atoms with Gasteiger partial charge in [-0.25, -0.2) is 4.79 Å².